The number of nitrogens with zero attached hydrogens (tertiary/aromatic N) is 9. The fraction of sp³-hybridized carbons (Fsp3) is 0.510. The van der Waals surface area contributed by atoms with Gasteiger partial charge >= 0.3 is 0 Å². The topological polar surface area (TPSA) is 208 Å². The van der Waals surface area contributed by atoms with E-state index in [1.54, 1.807) is 34.5 Å². The molecular weight excluding hydrogens is 2140 g/mol. The summed E-state index contributed by atoms with van der Waals surface area (Å²) in [6.07, 6.45) is 19.1. The minimum Gasteiger partial charge on any atom is -0.399 e. The number of aryl methyl sites for hydroxylation is 6. The standard InChI is InChI=1S/C20H27N3S.C14H19BrN2O.C14H21BrN2.C14H23N3.C11H11BrClNO.C9H10BrN.C6H7NS2.C4H8O.C3H9N.C2H2Cl2O.C2H6O.CH4.B.HI/c1-3-22(2)11-12-23-10-4-6-17-14-16(8-9-19(17)23)15-18(21)20-7-5-13-24-20;1-3-16(2)10-14(18)17-8-4-5-11-9-12(15)6-7-13(11)17;2*1-3-16(2)9-10-17-8-4-5-12-11-13(15)6-7-14(12)17;12-9-3-4-10-8(6-9)2-1-5-14(10)11(15)7-13;10-8-3-4-9-7(6-8)2-1-5-11-9;1-8-6(7)5-3-2-4-9-5;1-2-4-5-3-1;1-3-4-2;3-1-2(4)5;1-2-3;;;/h5,7-9,13-14,21H,3-4,6,10-12,15H2,1-2H3;6-7,9H,3-5,8,10H2,1-2H3;6-7,11H,3-5,8-10H2,1-2H3;6-7,11H,3-5,8-10,15H2,1-2H3;3-4,6H,1-2,5,7H2;3-4,6,11H,1-2,5H2;2-4,7H,1H3;1-4H2;4H,3H2,1-2H3;1H2;3H,2H2,1H3;1H4;;1H. The van der Waals surface area contributed by atoms with Crippen LogP contribution >= 0.6 is 157 Å². The Morgan fingerprint density at radius 1 is 0.527 bits per heavy atom. The van der Waals surface area contributed by atoms with Crippen LogP contribution in [0.3, 0.4) is 0 Å². The number of thiophene rings is 2. The molecule has 15 rings (SSSR count). The van der Waals surface area contributed by atoms with Crippen LogP contribution in [0.4, 0.5) is 39.8 Å². The number of thioether (sulfide) groups is 1. The maximum atomic E-state index is 12.3. The van der Waals surface area contributed by atoms with Crippen LogP contribution in [0, 0.1) is 10.8 Å². The van der Waals surface area contributed by atoms with Crippen LogP contribution in [0.15, 0.2) is 162 Å². The Hall–Kier alpha value is -4.68. The van der Waals surface area contributed by atoms with Crippen LogP contribution in [0.1, 0.15) is 149 Å². The molecule has 8 aromatic rings. The molecule has 7 aliphatic rings. The van der Waals surface area contributed by atoms with E-state index in [1.807, 2.05) is 95.5 Å². The fourth-order valence-electron chi connectivity index (χ4n) is 14.6. The summed E-state index contributed by atoms with van der Waals surface area (Å²) in [7, 11) is 10.5. The molecule has 725 valence electrons. The largest absolute Gasteiger partial charge is 0.399 e. The number of likely N-dealkylation sites (N-methyl/N-ethyl adjacent to an activating group) is 4. The van der Waals surface area contributed by atoms with Crippen LogP contribution in [0.5, 0.6) is 0 Å². The highest BCUT2D eigenvalue weighted by Crippen LogP contribution is 2.35. The monoisotopic (exact) mass is 2280 g/mol. The third kappa shape index (κ3) is 46.1. The van der Waals surface area contributed by atoms with Crippen molar-refractivity contribution in [2.75, 3.05) is 226 Å². The van der Waals surface area contributed by atoms with Gasteiger partial charge in [0.15, 0.2) is 0 Å². The van der Waals surface area contributed by atoms with Crippen molar-refractivity contribution in [3.63, 3.8) is 0 Å². The molecule has 3 radical (unpaired) electrons. The molecule has 31 heteroatoms. The van der Waals surface area contributed by atoms with Crippen LogP contribution < -0.4 is 40.9 Å². The average molecular weight is 2290 g/mol. The molecule has 7 aliphatic heterocycles. The van der Waals surface area contributed by atoms with Gasteiger partial charge in [0.1, 0.15) is 10.9 Å². The number of hydrogen-bond acceptors (Lipinski definition) is 20. The third-order valence-corrected chi connectivity index (χ3v) is 27.5. The first-order valence-electron chi connectivity index (χ1n) is 45.1. The van der Waals surface area contributed by atoms with Gasteiger partial charge in [0, 0.05) is 176 Å². The molecule has 131 heavy (non-hydrogen) atoms. The van der Waals surface area contributed by atoms with Crippen molar-refractivity contribution in [2.45, 2.75) is 145 Å². The zero-order chi connectivity index (χ0) is 93.7. The van der Waals surface area contributed by atoms with Gasteiger partial charge in [-0.1, -0.05) is 130 Å². The Morgan fingerprint density at radius 3 is 1.30 bits per heavy atom. The van der Waals surface area contributed by atoms with E-state index in [0.717, 1.165) is 191 Å². The molecule has 0 bridgehead atoms. The Morgan fingerprint density at radius 2 is 0.901 bits per heavy atom. The molecule has 6 aromatic carbocycles. The predicted molar refractivity (Wildman–Crippen MR) is 598 cm³/mol. The summed E-state index contributed by atoms with van der Waals surface area (Å²) < 4.78 is 9.46. The van der Waals surface area contributed by atoms with Crippen molar-refractivity contribution in [1.29, 1.82) is 10.8 Å². The van der Waals surface area contributed by atoms with Gasteiger partial charge in [-0.05, 0) is 342 Å². The lowest BCUT2D eigenvalue weighted by atomic mass is 9.97. The van der Waals surface area contributed by atoms with Gasteiger partial charge < -0.3 is 70.8 Å². The Balaban J connectivity index is 0.000000506. The van der Waals surface area contributed by atoms with Gasteiger partial charge in [0.05, 0.1) is 23.0 Å². The average Bonchev–Trinajstić information content (AvgIpc) is 1.29. The molecular formula is C100H148BBr4Cl3IN14O5S3. The highest BCUT2D eigenvalue weighted by molar-refractivity contribution is 14.0. The van der Waals surface area contributed by atoms with Crippen molar-refractivity contribution < 1.29 is 24.2 Å². The van der Waals surface area contributed by atoms with Crippen LogP contribution in [-0.4, -0.2) is 252 Å². The number of aliphatic hydroxyl groups is 1. The highest BCUT2D eigenvalue weighted by atomic mass is 127. The molecule has 19 nitrogen and oxygen atoms in total. The number of fused-ring (bicyclic) bond motifs is 6. The van der Waals surface area contributed by atoms with E-state index in [2.05, 4.69) is 238 Å². The van der Waals surface area contributed by atoms with Gasteiger partial charge in [-0.3, -0.25) is 24.7 Å². The molecule has 1 saturated heterocycles. The molecule has 0 saturated carbocycles. The number of alkyl halides is 2. The number of carbonyl (C=O) groups is 3. The van der Waals surface area contributed by atoms with Gasteiger partial charge in [-0.15, -0.1) is 81.6 Å². The van der Waals surface area contributed by atoms with Gasteiger partial charge in [-0.2, -0.15) is 0 Å². The second kappa shape index (κ2) is 70.9. The maximum absolute atomic E-state index is 12.3. The number of rotatable bonds is 22. The summed E-state index contributed by atoms with van der Waals surface area (Å²) in [6.45, 7) is 33.5. The normalized spacial score (nSPS) is 13.8. The minimum absolute atomic E-state index is 0. The summed E-state index contributed by atoms with van der Waals surface area (Å²) in [4.78, 5) is 55.8. The second-order valence-electron chi connectivity index (χ2n) is 31.7. The first-order chi connectivity index (χ1) is 61.7. The maximum Gasteiger partial charge on any atom is 0.241 e. The van der Waals surface area contributed by atoms with Gasteiger partial charge in [0.2, 0.25) is 17.1 Å². The van der Waals surface area contributed by atoms with Crippen molar-refractivity contribution in [3.8, 4) is 0 Å². The number of benzene rings is 6. The SMILES string of the molecule is Brc1ccc2c(c1)CCCN2.C.C1CCOC1.CCN(C)CC(=O)N1CCCc2cc(Br)ccc21.CCN(C)CCN1CCCc2cc(Br)ccc21.CCN(C)CCN1CCCc2cc(CC(=N)c3cccs3)ccc21.CCN(C)CCN1CCCc2cc(N)ccc21.CCNC.CCO.CSC(=N)c1cccs1.I.O=C(CCl)N1CCCc2cc(Br)ccc21.O=C(Cl)CCl.[B]. The van der Waals surface area contributed by atoms with E-state index in [1.165, 1.54) is 153 Å². The number of amides is 2. The smallest absolute Gasteiger partial charge is 0.241 e. The number of ether oxygens (including phenoxy) is 1. The summed E-state index contributed by atoms with van der Waals surface area (Å²) >= 11 is 33.8. The third-order valence-electron chi connectivity index (χ3n) is 22.2. The Labute approximate surface area is 867 Å². The van der Waals surface area contributed by atoms with E-state index in [4.69, 9.17) is 61.2 Å². The lowest BCUT2D eigenvalue weighted by molar-refractivity contribution is -0.119. The summed E-state index contributed by atoms with van der Waals surface area (Å²) in [6, 6.07) is 46.4. The number of anilines is 7. The molecule has 2 aromatic heterocycles. The second-order valence-corrected chi connectivity index (χ2v) is 39.0. The number of halogens is 8. The molecule has 1 fully saturated rings. The summed E-state index contributed by atoms with van der Waals surface area (Å²) in [5.74, 6) is 0.138. The highest BCUT2D eigenvalue weighted by Gasteiger charge is 2.26. The number of hydrogen-bond donors (Lipinski definition) is 6. The Kier molecular flexibility index (Phi) is 66.2. The lowest BCUT2D eigenvalue weighted by Crippen LogP contribution is -2.41. The zero-order valence-electron chi connectivity index (χ0n) is 78.8. The first-order valence-corrected chi connectivity index (χ1v) is 52.7. The van der Waals surface area contributed by atoms with Gasteiger partial charge in [0.25, 0.3) is 0 Å². The fourth-order valence-corrected chi connectivity index (χ4v) is 18.3. The number of nitrogens with one attached hydrogen (secondary N) is 4. The predicted octanol–water partition coefficient (Wildman–Crippen LogP) is 23.0. The van der Waals surface area contributed by atoms with Crippen molar-refractivity contribution in [1.82, 2.24) is 24.9 Å². The van der Waals surface area contributed by atoms with Crippen LogP contribution in [-0.2, 0) is 64.1 Å². The molecule has 2 amide bonds. The summed E-state index contributed by atoms with van der Waals surface area (Å²) in [5, 5.41) is 33.7. The number of carbonyl (C=O) groups excluding carboxylic acids is 3. The number of nitrogens with two attached hydrogens (primary N) is 1. The van der Waals surface area contributed by atoms with Crippen molar-refractivity contribution >= 4 is 233 Å². The lowest BCUT2D eigenvalue weighted by Gasteiger charge is -2.33. The van der Waals surface area contributed by atoms with Crippen LogP contribution in [0.25, 0.3) is 0 Å². The first kappa shape index (κ1) is 122. The Bertz CT molecular complexity index is 4460. The van der Waals surface area contributed by atoms with Gasteiger partial charge in [-0.25, -0.2) is 0 Å². The van der Waals surface area contributed by atoms with E-state index in [9.17, 15) is 14.4 Å². The molecule has 9 heterocycles. The van der Waals surface area contributed by atoms with E-state index in [0.29, 0.717) is 11.6 Å². The molecule has 0 spiro atoms. The van der Waals surface area contributed by atoms with E-state index >= 15 is 0 Å². The molecule has 0 unspecified atom stereocenters. The zero-order valence-corrected chi connectivity index (χ0v) is 92.2. The molecule has 0 aliphatic carbocycles. The quantitative estimate of drug-likeness (QED) is 0.00709. The summed E-state index contributed by atoms with van der Waals surface area (Å²) in [5.41, 5.74) is 24.6. The molecule has 7 N–H and O–H groups in total. The van der Waals surface area contributed by atoms with Crippen molar-refractivity contribution in [2.24, 2.45) is 0 Å². The van der Waals surface area contributed by atoms with Crippen LogP contribution in [0.2, 0.25) is 0 Å². The number of nitrogen functional groups attached to an aromatic ring is 1. The minimum atomic E-state index is -0.508. The van der Waals surface area contributed by atoms with E-state index < -0.39 is 5.24 Å². The number of aliphatic hydroxyl groups excluding tert-OH is 1. The van der Waals surface area contributed by atoms with E-state index in [-0.39, 0.29) is 70.0 Å². The molecule has 0 atom stereocenters. The van der Waals surface area contributed by atoms with Crippen molar-refractivity contribution in [3.05, 3.63) is 211 Å².